The lowest BCUT2D eigenvalue weighted by atomic mass is 10.2. The Labute approximate surface area is 163 Å². The predicted octanol–water partition coefficient (Wildman–Crippen LogP) is 1.96. The van der Waals surface area contributed by atoms with Crippen molar-refractivity contribution in [3.05, 3.63) is 69.2 Å². The number of carbonyl (C=O) groups is 2. The molecule has 0 fully saturated rings. The van der Waals surface area contributed by atoms with Crippen LogP contribution >= 0.6 is 23.8 Å². The van der Waals surface area contributed by atoms with Crippen molar-refractivity contribution in [1.82, 2.24) is 16.2 Å². The summed E-state index contributed by atoms with van der Waals surface area (Å²) >= 11 is 10.6. The van der Waals surface area contributed by atoms with Crippen LogP contribution in [0, 0.1) is 10.1 Å². The van der Waals surface area contributed by atoms with Crippen LogP contribution in [0.1, 0.15) is 10.4 Å². The maximum atomic E-state index is 12.0. The summed E-state index contributed by atoms with van der Waals surface area (Å²) in [4.78, 5) is 33.8. The molecule has 0 heterocycles. The average molecular weight is 409 g/mol. The van der Waals surface area contributed by atoms with Gasteiger partial charge in [-0.25, -0.2) is 0 Å². The van der Waals surface area contributed by atoms with Gasteiger partial charge in [0.2, 0.25) is 0 Å². The number of nitrogens with zero attached hydrogens (tertiary/aromatic N) is 1. The topological polar surface area (TPSA) is 123 Å². The lowest BCUT2D eigenvalue weighted by molar-refractivity contribution is -0.384. The summed E-state index contributed by atoms with van der Waals surface area (Å²) in [6.45, 7) is -0.296. The van der Waals surface area contributed by atoms with Gasteiger partial charge in [-0.15, -0.1) is 0 Å². The monoisotopic (exact) mass is 408 g/mol. The number of ether oxygens (including phenoxy) is 1. The first-order valence-corrected chi connectivity index (χ1v) is 8.17. The molecule has 0 bridgehead atoms. The molecule has 0 aliphatic heterocycles. The molecule has 2 rings (SSSR count). The Morgan fingerprint density at radius 1 is 1.15 bits per heavy atom. The van der Waals surface area contributed by atoms with Gasteiger partial charge in [0.15, 0.2) is 11.7 Å². The number of hydrogen-bond acceptors (Lipinski definition) is 6. The fourth-order valence-electron chi connectivity index (χ4n) is 1.81. The van der Waals surface area contributed by atoms with E-state index in [0.717, 1.165) is 6.07 Å². The molecule has 27 heavy (non-hydrogen) atoms. The van der Waals surface area contributed by atoms with E-state index in [-0.39, 0.29) is 23.0 Å². The van der Waals surface area contributed by atoms with Crippen LogP contribution in [0.25, 0.3) is 0 Å². The van der Waals surface area contributed by atoms with E-state index in [9.17, 15) is 19.7 Å². The standard InChI is InChI=1S/C16H13ClN4O5S/c17-11-4-6-13(7-5-11)26-9-14(22)19-20-16(27)18-15(23)10-2-1-3-12(8-10)21(24)25/h1-8H,9H2,(H,19,22)(H2,18,20,23,27). The van der Waals surface area contributed by atoms with E-state index in [0.29, 0.717) is 10.8 Å². The molecule has 2 aromatic carbocycles. The fraction of sp³-hybridized carbons (Fsp3) is 0.0625. The largest absolute Gasteiger partial charge is 0.484 e. The van der Waals surface area contributed by atoms with Crippen molar-refractivity contribution in [1.29, 1.82) is 0 Å². The van der Waals surface area contributed by atoms with Gasteiger partial charge < -0.3 is 4.74 Å². The molecule has 0 aromatic heterocycles. The minimum Gasteiger partial charge on any atom is -0.484 e. The van der Waals surface area contributed by atoms with Gasteiger partial charge in [0.1, 0.15) is 5.75 Å². The van der Waals surface area contributed by atoms with Gasteiger partial charge in [-0.2, -0.15) is 0 Å². The summed E-state index contributed by atoms with van der Waals surface area (Å²) < 4.78 is 5.24. The lowest BCUT2D eigenvalue weighted by Gasteiger charge is -2.11. The highest BCUT2D eigenvalue weighted by Gasteiger charge is 2.13. The molecule has 0 saturated carbocycles. The number of amides is 2. The zero-order valence-electron chi connectivity index (χ0n) is 13.6. The molecule has 0 spiro atoms. The maximum Gasteiger partial charge on any atom is 0.276 e. The van der Waals surface area contributed by atoms with Crippen LogP contribution in [-0.4, -0.2) is 28.5 Å². The minimum absolute atomic E-state index is 0.0470. The van der Waals surface area contributed by atoms with Crippen molar-refractivity contribution < 1.29 is 19.2 Å². The van der Waals surface area contributed by atoms with Crippen molar-refractivity contribution >= 4 is 46.4 Å². The second-order valence-electron chi connectivity index (χ2n) is 5.01. The second kappa shape index (κ2) is 9.46. The van der Waals surface area contributed by atoms with Crippen molar-refractivity contribution in [3.8, 4) is 5.75 Å². The van der Waals surface area contributed by atoms with Crippen molar-refractivity contribution in [2.75, 3.05) is 6.61 Å². The Bertz CT molecular complexity index is 875. The van der Waals surface area contributed by atoms with Gasteiger partial charge >= 0.3 is 0 Å². The van der Waals surface area contributed by atoms with E-state index in [4.69, 9.17) is 28.6 Å². The van der Waals surface area contributed by atoms with Gasteiger partial charge in [-0.05, 0) is 42.5 Å². The van der Waals surface area contributed by atoms with E-state index >= 15 is 0 Å². The first-order chi connectivity index (χ1) is 12.8. The Kier molecular flexibility index (Phi) is 7.03. The summed E-state index contributed by atoms with van der Waals surface area (Å²) in [7, 11) is 0. The number of thiocarbonyl (C=S) groups is 1. The molecule has 0 unspecified atom stereocenters. The quantitative estimate of drug-likeness (QED) is 0.392. The summed E-state index contributed by atoms with van der Waals surface area (Å²) in [5.74, 6) is -0.754. The average Bonchev–Trinajstić information content (AvgIpc) is 2.66. The Hall–Kier alpha value is -3.24. The third-order valence-corrected chi connectivity index (χ3v) is 3.50. The fourth-order valence-corrected chi connectivity index (χ4v) is 2.08. The molecular formula is C16H13ClN4O5S. The summed E-state index contributed by atoms with van der Waals surface area (Å²) in [6, 6.07) is 11.6. The number of halogens is 1. The molecule has 0 radical (unpaired) electrons. The van der Waals surface area contributed by atoms with Crippen LogP contribution in [0.5, 0.6) is 5.75 Å². The molecule has 2 amide bonds. The maximum absolute atomic E-state index is 12.0. The Balaban J connectivity index is 1.77. The molecule has 0 saturated heterocycles. The van der Waals surface area contributed by atoms with Crippen molar-refractivity contribution in [3.63, 3.8) is 0 Å². The molecule has 9 nitrogen and oxygen atoms in total. The Morgan fingerprint density at radius 3 is 2.52 bits per heavy atom. The predicted molar refractivity (Wildman–Crippen MR) is 101 cm³/mol. The highest BCUT2D eigenvalue weighted by atomic mass is 35.5. The number of nitrogens with one attached hydrogen (secondary N) is 3. The third kappa shape index (κ3) is 6.53. The number of rotatable bonds is 5. The first kappa shape index (κ1) is 20.1. The van der Waals surface area contributed by atoms with Crippen LogP contribution in [0.3, 0.4) is 0 Å². The summed E-state index contributed by atoms with van der Waals surface area (Å²) in [6.07, 6.45) is 0. The number of nitro benzene ring substituents is 1. The normalized spacial score (nSPS) is 9.81. The zero-order chi connectivity index (χ0) is 19.8. The van der Waals surface area contributed by atoms with Crippen LogP contribution in [0.15, 0.2) is 48.5 Å². The van der Waals surface area contributed by atoms with Crippen molar-refractivity contribution in [2.45, 2.75) is 0 Å². The molecule has 0 aliphatic carbocycles. The molecule has 11 heteroatoms. The highest BCUT2D eigenvalue weighted by molar-refractivity contribution is 7.80. The van der Waals surface area contributed by atoms with Crippen LogP contribution in [-0.2, 0) is 4.79 Å². The van der Waals surface area contributed by atoms with Crippen LogP contribution in [0.4, 0.5) is 5.69 Å². The van der Waals surface area contributed by atoms with Gasteiger partial charge in [0.25, 0.3) is 17.5 Å². The Morgan fingerprint density at radius 2 is 1.85 bits per heavy atom. The zero-order valence-corrected chi connectivity index (χ0v) is 15.2. The van der Waals surface area contributed by atoms with E-state index in [2.05, 4.69) is 16.2 Å². The second-order valence-corrected chi connectivity index (χ2v) is 5.85. The SMILES string of the molecule is O=C(COc1ccc(Cl)cc1)NNC(=S)NC(=O)c1cccc([N+](=O)[O-])c1. The molecular weight excluding hydrogens is 396 g/mol. The number of hydrogen-bond donors (Lipinski definition) is 3. The molecule has 3 N–H and O–H groups in total. The molecule has 0 aliphatic rings. The smallest absolute Gasteiger partial charge is 0.276 e. The number of carbonyl (C=O) groups excluding carboxylic acids is 2. The van der Waals surface area contributed by atoms with Gasteiger partial charge in [-0.3, -0.25) is 35.9 Å². The van der Waals surface area contributed by atoms with E-state index in [1.807, 2.05) is 0 Å². The summed E-state index contributed by atoms with van der Waals surface area (Å²) in [5, 5.41) is 13.4. The lowest BCUT2D eigenvalue weighted by Crippen LogP contribution is -2.49. The van der Waals surface area contributed by atoms with Gasteiger partial charge in [0, 0.05) is 22.7 Å². The van der Waals surface area contributed by atoms with Crippen molar-refractivity contribution in [2.24, 2.45) is 0 Å². The number of nitro groups is 1. The van der Waals surface area contributed by atoms with Gasteiger partial charge in [-0.1, -0.05) is 17.7 Å². The highest BCUT2D eigenvalue weighted by Crippen LogP contribution is 2.15. The third-order valence-electron chi connectivity index (χ3n) is 3.05. The van der Waals surface area contributed by atoms with Crippen LogP contribution < -0.4 is 20.9 Å². The van der Waals surface area contributed by atoms with Crippen LogP contribution in [0.2, 0.25) is 5.02 Å². The number of benzene rings is 2. The summed E-state index contributed by atoms with van der Waals surface area (Å²) in [5.41, 5.74) is 4.40. The molecule has 2 aromatic rings. The molecule has 0 atom stereocenters. The van der Waals surface area contributed by atoms with Gasteiger partial charge in [0.05, 0.1) is 4.92 Å². The first-order valence-electron chi connectivity index (χ1n) is 7.38. The van der Waals surface area contributed by atoms with E-state index < -0.39 is 16.7 Å². The minimum atomic E-state index is -0.664. The van der Waals surface area contributed by atoms with E-state index in [1.54, 1.807) is 24.3 Å². The molecule has 140 valence electrons. The van der Waals surface area contributed by atoms with E-state index in [1.165, 1.54) is 18.2 Å². The number of hydrazine groups is 1. The number of non-ortho nitro benzene ring substituents is 1.